The zero-order valence-electron chi connectivity index (χ0n) is 18.9. The van der Waals surface area contributed by atoms with E-state index in [1.807, 2.05) is 0 Å². The van der Waals surface area contributed by atoms with Crippen molar-refractivity contribution in [3.63, 3.8) is 0 Å². The number of methoxy groups -OCH3 is 1. The Morgan fingerprint density at radius 1 is 1.32 bits per heavy atom. The lowest BCUT2D eigenvalue weighted by Crippen LogP contribution is -2.43. The summed E-state index contributed by atoms with van der Waals surface area (Å²) in [7, 11) is 3.97. The topological polar surface area (TPSA) is 118 Å². The first kappa shape index (κ1) is 25.3. The Morgan fingerprint density at radius 3 is 2.53 bits per heavy atom. The molecule has 11 nitrogen and oxygen atoms in total. The standard InChI is InChI=1S/C20H21ClFN5O6S/c1-10(23-32-9-16(28)31-5)20(2)8-14(24-33-20)11-6-15(13(22)7-12(11)21)27-17(29)25(3)19(34)26(4)18(27)30/h6-7H,8-9H2,1-5H3/b23-10+. The molecule has 34 heavy (non-hydrogen) atoms. The number of ether oxygens (including phenoxy) is 1. The number of halogens is 2. The van der Waals surface area contributed by atoms with Crippen LogP contribution in [-0.2, 0) is 33.3 Å². The molecule has 1 aliphatic heterocycles. The maximum absolute atomic E-state index is 14.9. The minimum absolute atomic E-state index is 0.00137. The van der Waals surface area contributed by atoms with Crippen LogP contribution in [-0.4, -0.2) is 50.4 Å². The molecule has 0 saturated carbocycles. The van der Waals surface area contributed by atoms with Gasteiger partial charge in [0.15, 0.2) is 10.4 Å². The molecule has 1 aromatic heterocycles. The third-order valence-electron chi connectivity index (χ3n) is 5.36. The molecule has 0 amide bonds. The Hall–Kier alpha value is -3.32. The fourth-order valence-electron chi connectivity index (χ4n) is 3.12. The number of esters is 1. The van der Waals surface area contributed by atoms with Crippen molar-refractivity contribution in [2.75, 3.05) is 13.7 Å². The number of carbonyl (C=O) groups is 1. The predicted molar refractivity (Wildman–Crippen MR) is 124 cm³/mol. The molecule has 0 saturated heterocycles. The molecule has 0 radical (unpaired) electrons. The van der Waals surface area contributed by atoms with Crippen LogP contribution in [0.25, 0.3) is 5.69 Å². The highest BCUT2D eigenvalue weighted by Gasteiger charge is 2.39. The normalized spacial score (nSPS) is 17.9. The molecular weight excluding hydrogens is 493 g/mol. The average molecular weight is 514 g/mol. The van der Waals surface area contributed by atoms with Gasteiger partial charge >= 0.3 is 17.3 Å². The van der Waals surface area contributed by atoms with Crippen LogP contribution in [0, 0.1) is 10.6 Å². The Labute approximate surface area is 202 Å². The van der Waals surface area contributed by atoms with Crippen LogP contribution in [0.15, 0.2) is 32.0 Å². The van der Waals surface area contributed by atoms with Gasteiger partial charge in [0.05, 0.1) is 23.5 Å². The quantitative estimate of drug-likeness (QED) is 0.250. The van der Waals surface area contributed by atoms with Gasteiger partial charge in [-0.3, -0.25) is 9.13 Å². The Bertz CT molecular complexity index is 1370. The van der Waals surface area contributed by atoms with Gasteiger partial charge in [-0.05, 0) is 38.2 Å². The third kappa shape index (κ3) is 4.53. The maximum atomic E-state index is 14.9. The lowest BCUT2D eigenvalue weighted by atomic mass is 9.92. The highest BCUT2D eigenvalue weighted by Crippen LogP contribution is 2.32. The summed E-state index contributed by atoms with van der Waals surface area (Å²) in [6.45, 7) is 2.92. The number of hydrogen-bond acceptors (Lipinski definition) is 9. The highest BCUT2D eigenvalue weighted by molar-refractivity contribution is 7.71. The monoisotopic (exact) mass is 513 g/mol. The Kier molecular flexibility index (Phi) is 7.07. The van der Waals surface area contributed by atoms with E-state index in [0.29, 0.717) is 16.0 Å². The second-order valence-corrected chi connectivity index (χ2v) is 8.42. The minimum Gasteiger partial charge on any atom is -0.466 e. The van der Waals surface area contributed by atoms with Crippen molar-refractivity contribution in [2.45, 2.75) is 25.9 Å². The molecule has 1 aliphatic rings. The molecule has 2 aromatic rings. The van der Waals surface area contributed by atoms with E-state index in [1.54, 1.807) is 13.8 Å². The van der Waals surface area contributed by atoms with Crippen molar-refractivity contribution in [3.05, 3.63) is 54.3 Å². The third-order valence-corrected chi connectivity index (χ3v) is 6.22. The molecule has 14 heteroatoms. The molecule has 1 unspecified atom stereocenters. The predicted octanol–water partition coefficient (Wildman–Crippen LogP) is 1.85. The van der Waals surface area contributed by atoms with E-state index in [4.69, 9.17) is 33.5 Å². The van der Waals surface area contributed by atoms with Crippen molar-refractivity contribution in [3.8, 4) is 5.69 Å². The Balaban J connectivity index is 2.00. The summed E-state index contributed by atoms with van der Waals surface area (Å²) in [6, 6.07) is 2.23. The largest absolute Gasteiger partial charge is 0.466 e. The van der Waals surface area contributed by atoms with Crippen LogP contribution >= 0.6 is 23.8 Å². The summed E-state index contributed by atoms with van der Waals surface area (Å²) >= 11 is 11.3. The number of benzene rings is 1. The van der Waals surface area contributed by atoms with Crippen LogP contribution in [0.2, 0.25) is 5.02 Å². The number of oxime groups is 2. The van der Waals surface area contributed by atoms with E-state index in [0.717, 1.165) is 15.2 Å². The van der Waals surface area contributed by atoms with Crippen LogP contribution < -0.4 is 11.4 Å². The van der Waals surface area contributed by atoms with Gasteiger partial charge in [0, 0.05) is 26.1 Å². The summed E-state index contributed by atoms with van der Waals surface area (Å²) < 4.78 is 22.1. The van der Waals surface area contributed by atoms with Crippen LogP contribution in [0.4, 0.5) is 4.39 Å². The van der Waals surface area contributed by atoms with Gasteiger partial charge in [0.2, 0.25) is 6.61 Å². The van der Waals surface area contributed by atoms with E-state index in [2.05, 4.69) is 15.0 Å². The van der Waals surface area contributed by atoms with Crippen molar-refractivity contribution < 1.29 is 23.6 Å². The van der Waals surface area contributed by atoms with E-state index in [9.17, 15) is 18.8 Å². The molecular formula is C20H21ClFN5O6S. The minimum atomic E-state index is -1.05. The molecule has 2 heterocycles. The van der Waals surface area contributed by atoms with Gasteiger partial charge in [-0.2, -0.15) is 0 Å². The van der Waals surface area contributed by atoms with Crippen LogP contribution in [0.3, 0.4) is 0 Å². The molecule has 0 N–H and O–H groups in total. The van der Waals surface area contributed by atoms with Crippen molar-refractivity contribution >= 4 is 41.2 Å². The number of aromatic nitrogens is 3. The highest BCUT2D eigenvalue weighted by atomic mass is 35.5. The van der Waals surface area contributed by atoms with Crippen molar-refractivity contribution in [1.82, 2.24) is 13.7 Å². The fraction of sp³-hybridized carbons (Fsp3) is 0.400. The first-order chi connectivity index (χ1) is 15.9. The van der Waals surface area contributed by atoms with Gasteiger partial charge in [0.1, 0.15) is 11.5 Å². The lowest BCUT2D eigenvalue weighted by Gasteiger charge is -2.20. The first-order valence-corrected chi connectivity index (χ1v) is 10.6. The van der Waals surface area contributed by atoms with E-state index in [1.165, 1.54) is 27.3 Å². The van der Waals surface area contributed by atoms with Crippen molar-refractivity contribution in [2.24, 2.45) is 24.4 Å². The molecule has 1 atom stereocenters. The molecule has 1 aromatic carbocycles. The smallest absolute Gasteiger partial charge is 0.346 e. The molecule has 0 bridgehead atoms. The van der Waals surface area contributed by atoms with Crippen molar-refractivity contribution in [1.29, 1.82) is 0 Å². The molecule has 0 aliphatic carbocycles. The first-order valence-electron chi connectivity index (χ1n) is 9.79. The second kappa shape index (κ2) is 9.50. The second-order valence-electron chi connectivity index (χ2n) is 7.65. The van der Waals surface area contributed by atoms with E-state index < -0.39 is 28.8 Å². The zero-order chi connectivity index (χ0) is 25.4. The van der Waals surface area contributed by atoms with Crippen LogP contribution in [0.5, 0.6) is 0 Å². The zero-order valence-corrected chi connectivity index (χ0v) is 20.5. The van der Waals surface area contributed by atoms with Gasteiger partial charge in [-0.25, -0.2) is 23.3 Å². The lowest BCUT2D eigenvalue weighted by molar-refractivity contribution is -0.145. The fourth-order valence-corrected chi connectivity index (χ4v) is 3.54. The summed E-state index contributed by atoms with van der Waals surface area (Å²) in [5, 5.41) is 7.92. The molecule has 0 fully saturated rings. The molecule has 182 valence electrons. The Morgan fingerprint density at radius 2 is 1.94 bits per heavy atom. The van der Waals surface area contributed by atoms with E-state index >= 15 is 0 Å². The summed E-state index contributed by atoms with van der Waals surface area (Å²) in [5.74, 6) is -1.49. The van der Waals surface area contributed by atoms with Crippen LogP contribution in [0.1, 0.15) is 25.8 Å². The maximum Gasteiger partial charge on any atom is 0.346 e. The number of hydrogen-bond donors (Lipinski definition) is 0. The average Bonchev–Trinajstić information content (AvgIpc) is 3.20. The van der Waals surface area contributed by atoms with Gasteiger partial charge in [0.25, 0.3) is 0 Å². The summed E-state index contributed by atoms with van der Waals surface area (Å²) in [5.41, 5.74) is -2.06. The summed E-state index contributed by atoms with van der Waals surface area (Å²) in [6.07, 6.45) is 0.153. The summed E-state index contributed by atoms with van der Waals surface area (Å²) in [4.78, 5) is 47.1. The van der Waals surface area contributed by atoms with Gasteiger partial charge in [-0.1, -0.05) is 21.9 Å². The number of carbonyl (C=O) groups excluding carboxylic acids is 1. The SMILES string of the molecule is COC(=O)CO/N=C(\C)C1(C)CC(c2cc(-n3c(=O)n(C)c(=S)n(C)c3=O)c(F)cc2Cl)=NO1. The molecule has 3 rings (SSSR count). The van der Waals surface area contributed by atoms with Gasteiger partial charge in [-0.15, -0.1) is 0 Å². The molecule has 0 spiro atoms. The number of nitrogens with zero attached hydrogens (tertiary/aromatic N) is 5. The number of rotatable bonds is 6. The van der Waals surface area contributed by atoms with E-state index in [-0.39, 0.29) is 34.1 Å². The van der Waals surface area contributed by atoms with Gasteiger partial charge < -0.3 is 14.4 Å².